The predicted octanol–water partition coefficient (Wildman–Crippen LogP) is -5.17. The Balaban J connectivity index is 1.14. The van der Waals surface area contributed by atoms with Gasteiger partial charge in [-0.25, -0.2) is 4.79 Å². The van der Waals surface area contributed by atoms with Crippen LogP contribution in [-0.4, -0.2) is 232 Å². The molecule has 22 heteroatoms. The zero-order chi connectivity index (χ0) is 46.0. The number of ether oxygens (including phenoxy) is 8. The molecule has 4 heterocycles. The molecule has 64 heavy (non-hydrogen) atoms. The van der Waals surface area contributed by atoms with Crippen molar-refractivity contribution in [3.8, 4) is 0 Å². The van der Waals surface area contributed by atoms with Gasteiger partial charge in [-0.1, -0.05) is 6.08 Å². The molecule has 368 valence electrons. The van der Waals surface area contributed by atoms with Crippen molar-refractivity contribution in [2.24, 2.45) is 17.8 Å². The van der Waals surface area contributed by atoms with E-state index in [0.717, 1.165) is 0 Å². The number of esters is 1. The van der Waals surface area contributed by atoms with Crippen molar-refractivity contribution in [3.05, 3.63) is 12.2 Å². The Hall–Kier alpha value is -1.59. The summed E-state index contributed by atoms with van der Waals surface area (Å²) in [6, 6.07) is 0. The van der Waals surface area contributed by atoms with Gasteiger partial charge < -0.3 is 104 Å². The van der Waals surface area contributed by atoms with Crippen LogP contribution in [0.5, 0.6) is 0 Å². The number of rotatable bonds is 13. The van der Waals surface area contributed by atoms with Crippen molar-refractivity contribution in [3.63, 3.8) is 0 Å². The molecule has 0 amide bonds. The zero-order valence-corrected chi connectivity index (χ0v) is 35.5. The molecule has 3 aliphatic carbocycles. The highest BCUT2D eigenvalue weighted by molar-refractivity contribution is 5.81. The molecule has 22 nitrogen and oxygen atoms in total. The van der Waals surface area contributed by atoms with Crippen molar-refractivity contribution in [2.75, 3.05) is 19.8 Å². The first-order valence-corrected chi connectivity index (χ1v) is 22.7. The van der Waals surface area contributed by atoms with Crippen LogP contribution in [0.2, 0.25) is 0 Å². The van der Waals surface area contributed by atoms with Gasteiger partial charge in [-0.15, -0.1) is 0 Å². The number of allylic oxidation sites excluding steroid dienone is 1. The van der Waals surface area contributed by atoms with Gasteiger partial charge in [0, 0.05) is 24.8 Å². The first kappa shape index (κ1) is 50.3. The van der Waals surface area contributed by atoms with Crippen molar-refractivity contribution in [1.29, 1.82) is 0 Å². The second-order valence-corrected chi connectivity index (χ2v) is 18.7. The molecular formula is C42H69O22+. The first-order valence-electron chi connectivity index (χ1n) is 22.7. The van der Waals surface area contributed by atoms with Gasteiger partial charge in [0.2, 0.25) is 0 Å². The summed E-state index contributed by atoms with van der Waals surface area (Å²) >= 11 is 0. The van der Waals surface area contributed by atoms with Crippen molar-refractivity contribution >= 4 is 5.97 Å². The highest BCUT2D eigenvalue weighted by Crippen LogP contribution is 2.44. The standard InChI is InChI=1S/C42H68O22/c43-14-26-30(49)33(52)36(55)40(61-26)59-24-12-21(47)11-23-22(24)13-25(38(58-23)18-4-8-20(46)9-5-18)60-42-39(64-41-37(56)34(53)31(50)27(15-44)62-41)35(54)32(51)28(63-42)16-57-29(48)10-3-17-1-6-19(45)7-2-17/h3,10,17-28,30-47,49-56H,1-2,4-9,11-16H2/p+1/t17?,18?,19?,20?,21?,22?,23?,24?,25?,26-,27-,28-,30-,31-,32-,33+,34+,35+,36-,37-,38?,39-,40-,41+,42-/m1/s1. The normalized spacial score (nSPS) is 50.5. The number of hydrogen-bond donors (Lipinski definition) is 13. The van der Waals surface area contributed by atoms with E-state index in [1.54, 1.807) is 6.08 Å². The molecule has 6 unspecified atom stereocenters. The number of carbonyl (C=O) groups excluding carboxylic acids is 1. The van der Waals surface area contributed by atoms with E-state index in [1.807, 2.05) is 0 Å². The summed E-state index contributed by atoms with van der Waals surface area (Å²) in [4.78, 5) is 12.9. The minimum Gasteiger partial charge on any atom is -0.460 e. The van der Waals surface area contributed by atoms with Gasteiger partial charge in [-0.2, -0.15) is 0 Å². The third kappa shape index (κ3) is 11.5. The molecule has 0 spiro atoms. The van der Waals surface area contributed by atoms with E-state index in [9.17, 15) is 71.2 Å². The molecule has 7 aliphatic rings. The van der Waals surface area contributed by atoms with Crippen molar-refractivity contribution in [1.82, 2.24) is 0 Å². The molecule has 0 radical (unpaired) electrons. The number of aliphatic hydroxyl groups excluding tert-OH is 13. The Labute approximate surface area is 369 Å². The highest BCUT2D eigenvalue weighted by atomic mass is 16.8. The number of aliphatic hydroxyl groups is 15. The van der Waals surface area contributed by atoms with Gasteiger partial charge in [0.1, 0.15) is 86.0 Å². The van der Waals surface area contributed by atoms with E-state index in [0.29, 0.717) is 51.4 Å². The summed E-state index contributed by atoms with van der Waals surface area (Å²) in [5, 5.41) is 138. The van der Waals surface area contributed by atoms with Crippen LogP contribution in [0.15, 0.2) is 12.2 Å². The molecule has 3 saturated carbocycles. The quantitative estimate of drug-likeness (QED) is 0.0466. The maximum atomic E-state index is 12.9. The molecule has 0 aromatic heterocycles. The molecule has 7 rings (SSSR count). The van der Waals surface area contributed by atoms with Crippen LogP contribution in [0.3, 0.4) is 0 Å². The average Bonchev–Trinajstić information content (AvgIpc) is 3.28. The number of hydrogen-bond acceptors (Lipinski definition) is 21. The fraction of sp³-hybridized carbons (Fsp3) is 0.929. The molecule has 0 aromatic rings. The minimum absolute atomic E-state index is 0.0387. The zero-order valence-electron chi connectivity index (χ0n) is 35.5. The minimum atomic E-state index is -1.92. The lowest BCUT2D eigenvalue weighted by molar-refractivity contribution is -0.389. The van der Waals surface area contributed by atoms with Crippen LogP contribution in [0.1, 0.15) is 70.6 Å². The van der Waals surface area contributed by atoms with E-state index < -0.39 is 160 Å². The van der Waals surface area contributed by atoms with Crippen LogP contribution >= 0.6 is 0 Å². The fourth-order valence-electron chi connectivity index (χ4n) is 10.5. The number of carbonyl (C=O) groups is 1. The Bertz CT molecular complexity index is 1490. The lowest BCUT2D eigenvalue weighted by Gasteiger charge is -2.50. The average molecular weight is 926 g/mol. The smallest absolute Gasteiger partial charge is 0.330 e. The van der Waals surface area contributed by atoms with Crippen LogP contribution in [-0.2, 0) is 38.0 Å². The lowest BCUT2D eigenvalue weighted by atomic mass is 9.73. The van der Waals surface area contributed by atoms with Crippen molar-refractivity contribution in [2.45, 2.75) is 205 Å². The monoisotopic (exact) mass is 925 g/mol. The van der Waals surface area contributed by atoms with Crippen LogP contribution in [0, 0.1) is 17.8 Å². The molecule has 0 aromatic carbocycles. The van der Waals surface area contributed by atoms with Gasteiger partial charge in [0.05, 0.1) is 43.5 Å². The van der Waals surface area contributed by atoms with E-state index >= 15 is 0 Å². The Morgan fingerprint density at radius 1 is 0.547 bits per heavy atom. The van der Waals surface area contributed by atoms with Crippen LogP contribution in [0.4, 0.5) is 0 Å². The van der Waals surface area contributed by atoms with Gasteiger partial charge in [0.25, 0.3) is 0 Å². The van der Waals surface area contributed by atoms with Gasteiger partial charge in [0.15, 0.2) is 31.1 Å². The summed E-state index contributed by atoms with van der Waals surface area (Å²) in [5.74, 6) is -1.40. The third-order valence-corrected chi connectivity index (χ3v) is 14.3. The summed E-state index contributed by atoms with van der Waals surface area (Å²) in [6.07, 6.45) is -21.8. The summed E-state index contributed by atoms with van der Waals surface area (Å²) in [7, 11) is 0. The van der Waals surface area contributed by atoms with Gasteiger partial charge in [-0.3, -0.25) is 0 Å². The topological polar surface area (TPSA) is 357 Å². The molecule has 4 aliphatic heterocycles. The predicted molar refractivity (Wildman–Crippen MR) is 212 cm³/mol. The maximum Gasteiger partial charge on any atom is 0.330 e. The molecule has 14 N–H and O–H groups in total. The number of fused-ring (bicyclic) bond motifs is 1. The maximum absolute atomic E-state index is 12.9. The molecule has 4 saturated heterocycles. The van der Waals surface area contributed by atoms with E-state index in [-0.39, 0.29) is 37.2 Å². The van der Waals surface area contributed by atoms with E-state index in [2.05, 4.69) is 0 Å². The SMILES string of the molecule is O=C(C=CC1CCC(O)CC1)OC[C@H]1O[C@@H](OC2CC3C(O[C@@H]4O[C@H](CO)[C@@H](O)[C@H](O)[C@H]4O)CC(O)CC3[OH+]C2C2CCC(O)CC2)[C@H](O[C@@H]2O[C@H](CO)[C@@H](O)[C@H](O)[C@H]2O)[C@@H](O)[C@@H]1O. The molecule has 0 bridgehead atoms. The van der Waals surface area contributed by atoms with Gasteiger partial charge >= 0.3 is 5.97 Å². The Kier molecular flexibility index (Phi) is 17.5. The first-order chi connectivity index (χ1) is 30.6. The van der Waals surface area contributed by atoms with Gasteiger partial charge in [-0.05, 0) is 63.7 Å². The fourth-order valence-corrected chi connectivity index (χ4v) is 10.5. The second kappa shape index (κ2) is 22.2. The second-order valence-electron chi connectivity index (χ2n) is 18.7. The summed E-state index contributed by atoms with van der Waals surface area (Å²) in [5.41, 5.74) is 0. The molecule has 7 fully saturated rings. The lowest BCUT2D eigenvalue weighted by Crippen LogP contribution is -2.66. The summed E-state index contributed by atoms with van der Waals surface area (Å²) in [6.45, 7) is -2.04. The Morgan fingerprint density at radius 3 is 1.67 bits per heavy atom. The van der Waals surface area contributed by atoms with E-state index in [4.69, 9.17) is 37.9 Å². The van der Waals surface area contributed by atoms with Crippen LogP contribution < -0.4 is 0 Å². The highest BCUT2D eigenvalue weighted by Gasteiger charge is 2.57. The van der Waals surface area contributed by atoms with Crippen molar-refractivity contribution < 1.29 is 109 Å². The van der Waals surface area contributed by atoms with Crippen LogP contribution in [0.25, 0.3) is 0 Å². The molecule has 21 atom stereocenters. The molecular weight excluding hydrogens is 856 g/mol. The van der Waals surface area contributed by atoms with E-state index in [1.165, 1.54) is 6.08 Å². The summed E-state index contributed by atoms with van der Waals surface area (Å²) < 4.78 is 47.2. The third-order valence-electron chi connectivity index (χ3n) is 14.3. The Morgan fingerprint density at radius 2 is 1.08 bits per heavy atom. The largest absolute Gasteiger partial charge is 0.460 e.